The lowest BCUT2D eigenvalue weighted by molar-refractivity contribution is -0.117. The number of amides is 1. The molecule has 0 saturated carbocycles. The van der Waals surface area contributed by atoms with Crippen molar-refractivity contribution in [1.82, 2.24) is 5.32 Å². The number of nitriles is 1. The van der Waals surface area contributed by atoms with Crippen molar-refractivity contribution >= 4 is 23.2 Å². The molecule has 0 bridgehead atoms. The van der Waals surface area contributed by atoms with Gasteiger partial charge in [-0.15, -0.1) is 0 Å². The van der Waals surface area contributed by atoms with Crippen molar-refractivity contribution in [3.8, 4) is 11.8 Å². The van der Waals surface area contributed by atoms with Gasteiger partial charge in [-0.25, -0.2) is 0 Å². The molecule has 0 aromatic heterocycles. The molecule has 1 aromatic rings. The van der Waals surface area contributed by atoms with Crippen molar-refractivity contribution in [1.29, 1.82) is 5.26 Å². The van der Waals surface area contributed by atoms with E-state index in [2.05, 4.69) is 10.6 Å². The standard InChI is InChI=1S/C14H16ClN3O2/c1-9(2)18-14(19)10(7-16)8-17-11-4-5-13(20-3)12(15)6-11/h4-6,8-9,17H,1-3H3,(H,18,19)/b10-8-. The van der Waals surface area contributed by atoms with E-state index in [9.17, 15) is 4.79 Å². The number of benzene rings is 1. The van der Waals surface area contributed by atoms with Crippen LogP contribution in [0.3, 0.4) is 0 Å². The number of anilines is 1. The van der Waals surface area contributed by atoms with Crippen LogP contribution in [-0.4, -0.2) is 19.1 Å². The molecule has 20 heavy (non-hydrogen) atoms. The third kappa shape index (κ3) is 4.48. The summed E-state index contributed by atoms with van der Waals surface area (Å²) in [6, 6.07) is 6.88. The van der Waals surface area contributed by atoms with Gasteiger partial charge in [0.05, 0.1) is 12.1 Å². The molecule has 2 N–H and O–H groups in total. The van der Waals surface area contributed by atoms with Crippen LogP contribution >= 0.6 is 11.6 Å². The van der Waals surface area contributed by atoms with Crippen molar-refractivity contribution in [2.45, 2.75) is 19.9 Å². The van der Waals surface area contributed by atoms with Crippen molar-refractivity contribution in [3.63, 3.8) is 0 Å². The van der Waals surface area contributed by atoms with E-state index >= 15 is 0 Å². The highest BCUT2D eigenvalue weighted by atomic mass is 35.5. The first kappa shape index (κ1) is 15.9. The van der Waals surface area contributed by atoms with E-state index in [0.29, 0.717) is 16.5 Å². The van der Waals surface area contributed by atoms with E-state index in [1.54, 1.807) is 18.2 Å². The lowest BCUT2D eigenvalue weighted by Crippen LogP contribution is -2.31. The Morgan fingerprint density at radius 1 is 1.50 bits per heavy atom. The second-order valence-corrected chi connectivity index (χ2v) is 4.70. The Kier molecular flexibility index (Phi) is 5.88. The number of hydrogen-bond acceptors (Lipinski definition) is 4. The molecule has 0 aliphatic carbocycles. The Morgan fingerprint density at radius 3 is 2.70 bits per heavy atom. The number of carbonyl (C=O) groups excluding carboxylic acids is 1. The zero-order chi connectivity index (χ0) is 15.1. The second-order valence-electron chi connectivity index (χ2n) is 4.29. The maximum absolute atomic E-state index is 11.7. The molecule has 0 heterocycles. The minimum atomic E-state index is -0.422. The largest absolute Gasteiger partial charge is 0.495 e. The molecule has 0 aliphatic heterocycles. The Labute approximate surface area is 123 Å². The van der Waals surface area contributed by atoms with Gasteiger partial charge >= 0.3 is 0 Å². The summed E-state index contributed by atoms with van der Waals surface area (Å²) in [7, 11) is 1.53. The van der Waals surface area contributed by atoms with E-state index < -0.39 is 5.91 Å². The first-order chi connectivity index (χ1) is 9.47. The van der Waals surface area contributed by atoms with Crippen LogP contribution in [-0.2, 0) is 4.79 Å². The molecule has 106 valence electrons. The highest BCUT2D eigenvalue weighted by Crippen LogP contribution is 2.27. The first-order valence-corrected chi connectivity index (χ1v) is 6.37. The molecule has 6 heteroatoms. The van der Waals surface area contributed by atoms with Crippen molar-refractivity contribution in [2.75, 3.05) is 12.4 Å². The van der Waals surface area contributed by atoms with Crippen LogP contribution in [0.25, 0.3) is 0 Å². The predicted octanol–water partition coefficient (Wildman–Crippen LogP) is 2.69. The molecule has 0 fully saturated rings. The molecule has 0 saturated heterocycles. The van der Waals surface area contributed by atoms with Gasteiger partial charge in [0.25, 0.3) is 5.91 Å². The maximum atomic E-state index is 11.7. The molecule has 0 aliphatic rings. The predicted molar refractivity (Wildman–Crippen MR) is 78.6 cm³/mol. The van der Waals surface area contributed by atoms with Gasteiger partial charge in [0.2, 0.25) is 0 Å². The number of rotatable bonds is 5. The second kappa shape index (κ2) is 7.41. The van der Waals surface area contributed by atoms with Crippen LogP contribution < -0.4 is 15.4 Å². The van der Waals surface area contributed by atoms with Gasteiger partial charge in [0.1, 0.15) is 17.4 Å². The third-order valence-corrected chi connectivity index (χ3v) is 2.62. The average Bonchev–Trinajstić information content (AvgIpc) is 2.38. The van der Waals surface area contributed by atoms with Gasteiger partial charge in [-0.05, 0) is 32.0 Å². The number of halogens is 1. The summed E-state index contributed by atoms with van der Waals surface area (Å²) in [5.41, 5.74) is 0.645. The van der Waals surface area contributed by atoms with E-state index in [1.807, 2.05) is 19.9 Å². The molecule has 1 amide bonds. The van der Waals surface area contributed by atoms with Crippen LogP contribution in [0.2, 0.25) is 5.02 Å². The molecule has 1 rings (SSSR count). The fraction of sp³-hybridized carbons (Fsp3) is 0.286. The number of carbonyl (C=O) groups is 1. The third-order valence-electron chi connectivity index (χ3n) is 2.32. The molecule has 0 spiro atoms. The quantitative estimate of drug-likeness (QED) is 0.646. The van der Waals surface area contributed by atoms with Gasteiger partial charge in [0, 0.05) is 17.9 Å². The van der Waals surface area contributed by atoms with Crippen LogP contribution in [0.5, 0.6) is 5.75 Å². The smallest absolute Gasteiger partial charge is 0.263 e. The summed E-state index contributed by atoms with van der Waals surface area (Å²) in [6.07, 6.45) is 1.34. The highest BCUT2D eigenvalue weighted by Gasteiger charge is 2.09. The first-order valence-electron chi connectivity index (χ1n) is 5.99. The summed E-state index contributed by atoms with van der Waals surface area (Å²) in [5.74, 6) is 0.133. The van der Waals surface area contributed by atoms with Gasteiger partial charge in [0.15, 0.2) is 0 Å². The number of nitrogens with zero attached hydrogens (tertiary/aromatic N) is 1. The highest BCUT2D eigenvalue weighted by molar-refractivity contribution is 6.32. The van der Waals surface area contributed by atoms with Gasteiger partial charge < -0.3 is 15.4 Å². The lowest BCUT2D eigenvalue weighted by Gasteiger charge is -2.08. The minimum absolute atomic E-state index is 0.00867. The zero-order valence-electron chi connectivity index (χ0n) is 11.5. The summed E-state index contributed by atoms with van der Waals surface area (Å²) in [5, 5.41) is 14.9. The topological polar surface area (TPSA) is 74.1 Å². The van der Waals surface area contributed by atoms with Crippen LogP contribution in [0.15, 0.2) is 30.0 Å². The minimum Gasteiger partial charge on any atom is -0.495 e. The SMILES string of the molecule is COc1ccc(N/C=C(/C#N)C(=O)NC(C)C)cc1Cl. The van der Waals surface area contributed by atoms with Gasteiger partial charge in [-0.1, -0.05) is 11.6 Å². The van der Waals surface area contributed by atoms with E-state index in [-0.39, 0.29) is 11.6 Å². The fourth-order valence-electron chi connectivity index (χ4n) is 1.40. The van der Waals surface area contributed by atoms with Crippen molar-refractivity contribution in [3.05, 3.63) is 35.0 Å². The van der Waals surface area contributed by atoms with E-state index in [0.717, 1.165) is 0 Å². The summed E-state index contributed by atoms with van der Waals surface area (Å²) in [4.78, 5) is 11.7. The van der Waals surface area contributed by atoms with Crippen LogP contribution in [0.4, 0.5) is 5.69 Å². The molecule has 0 radical (unpaired) electrons. The summed E-state index contributed by atoms with van der Waals surface area (Å²) >= 11 is 5.98. The summed E-state index contributed by atoms with van der Waals surface area (Å²) < 4.78 is 5.04. The van der Waals surface area contributed by atoms with Gasteiger partial charge in [-0.2, -0.15) is 5.26 Å². The molecule has 0 atom stereocenters. The molecular formula is C14H16ClN3O2. The number of hydrogen-bond donors (Lipinski definition) is 2. The average molecular weight is 294 g/mol. The molecule has 1 aromatic carbocycles. The zero-order valence-corrected chi connectivity index (χ0v) is 12.3. The van der Waals surface area contributed by atoms with Crippen LogP contribution in [0, 0.1) is 11.3 Å². The van der Waals surface area contributed by atoms with Crippen molar-refractivity contribution < 1.29 is 9.53 Å². The number of methoxy groups -OCH3 is 1. The molecule has 0 unspecified atom stereocenters. The fourth-order valence-corrected chi connectivity index (χ4v) is 1.66. The Hall–Kier alpha value is -2.19. The molecule has 5 nitrogen and oxygen atoms in total. The van der Waals surface area contributed by atoms with Crippen molar-refractivity contribution in [2.24, 2.45) is 0 Å². The Morgan fingerprint density at radius 2 is 2.20 bits per heavy atom. The Balaban J connectivity index is 2.82. The lowest BCUT2D eigenvalue weighted by atomic mass is 10.2. The number of nitrogens with one attached hydrogen (secondary N) is 2. The maximum Gasteiger partial charge on any atom is 0.263 e. The number of ether oxygens (including phenoxy) is 1. The normalized spacial score (nSPS) is 10.9. The van der Waals surface area contributed by atoms with Crippen LogP contribution in [0.1, 0.15) is 13.8 Å². The monoisotopic (exact) mass is 293 g/mol. The van der Waals surface area contributed by atoms with E-state index in [4.69, 9.17) is 21.6 Å². The Bertz CT molecular complexity index is 562. The summed E-state index contributed by atoms with van der Waals surface area (Å²) in [6.45, 7) is 3.65. The van der Waals surface area contributed by atoms with E-state index in [1.165, 1.54) is 13.3 Å². The molecular weight excluding hydrogens is 278 g/mol. The van der Waals surface area contributed by atoms with Gasteiger partial charge in [-0.3, -0.25) is 4.79 Å².